The number of nitrogens with one attached hydrogen (secondary N) is 1. The Morgan fingerprint density at radius 3 is 2.70 bits per heavy atom. The van der Waals surface area contributed by atoms with Crippen molar-refractivity contribution in [3.8, 4) is 17.0 Å². The molecule has 20 heavy (non-hydrogen) atoms. The van der Waals surface area contributed by atoms with Crippen molar-refractivity contribution in [2.24, 2.45) is 0 Å². The number of ether oxygens (including phenoxy) is 1. The van der Waals surface area contributed by atoms with Gasteiger partial charge in [0.25, 0.3) is 0 Å². The van der Waals surface area contributed by atoms with E-state index in [1.165, 1.54) is 12.1 Å². The monoisotopic (exact) mass is 279 g/mol. The number of benzene rings is 1. The molecular weight excluding hydrogens is 264 g/mol. The van der Waals surface area contributed by atoms with Crippen LogP contribution in [0.3, 0.4) is 0 Å². The van der Waals surface area contributed by atoms with Gasteiger partial charge in [0.05, 0.1) is 5.69 Å². The van der Waals surface area contributed by atoms with Crippen LogP contribution in [0.25, 0.3) is 11.3 Å². The third-order valence-corrected chi connectivity index (χ3v) is 2.58. The van der Waals surface area contributed by atoms with Gasteiger partial charge in [-0.2, -0.15) is 8.78 Å². The molecule has 0 fully saturated rings. The molecule has 1 heterocycles. The van der Waals surface area contributed by atoms with Crippen molar-refractivity contribution < 1.29 is 13.5 Å². The molecule has 1 N–H and O–H groups in total. The van der Waals surface area contributed by atoms with Gasteiger partial charge < -0.3 is 10.1 Å². The van der Waals surface area contributed by atoms with Crippen molar-refractivity contribution in [3.05, 3.63) is 36.4 Å². The van der Waals surface area contributed by atoms with E-state index in [0.717, 1.165) is 13.0 Å². The Bertz CT molecular complexity index is 546. The van der Waals surface area contributed by atoms with Gasteiger partial charge >= 0.3 is 6.61 Å². The summed E-state index contributed by atoms with van der Waals surface area (Å²) in [6, 6.07) is 9.97. The summed E-state index contributed by atoms with van der Waals surface area (Å²) in [5.74, 6) is 0.795. The van der Waals surface area contributed by atoms with Crippen LogP contribution < -0.4 is 10.1 Å². The molecule has 6 heteroatoms. The average molecular weight is 279 g/mol. The van der Waals surface area contributed by atoms with Crippen molar-refractivity contribution in [1.82, 2.24) is 10.2 Å². The zero-order valence-electron chi connectivity index (χ0n) is 11.0. The summed E-state index contributed by atoms with van der Waals surface area (Å²) in [6.45, 7) is 0.0478. The normalized spacial score (nSPS) is 10.6. The predicted molar refractivity (Wildman–Crippen MR) is 72.9 cm³/mol. The van der Waals surface area contributed by atoms with E-state index in [-0.39, 0.29) is 5.75 Å². The lowest BCUT2D eigenvalue weighted by molar-refractivity contribution is -0.0498. The molecule has 2 rings (SSSR count). The van der Waals surface area contributed by atoms with E-state index in [1.807, 2.05) is 0 Å². The number of hydrogen-bond donors (Lipinski definition) is 1. The molecule has 0 radical (unpaired) electrons. The second-order valence-corrected chi connectivity index (χ2v) is 4.14. The number of anilines is 1. The number of hydrogen-bond acceptors (Lipinski definition) is 4. The van der Waals surface area contributed by atoms with Gasteiger partial charge in [-0.3, -0.25) is 0 Å². The molecule has 0 spiro atoms. The topological polar surface area (TPSA) is 47.0 Å². The molecule has 0 saturated heterocycles. The van der Waals surface area contributed by atoms with Crippen LogP contribution in [0, 0.1) is 0 Å². The van der Waals surface area contributed by atoms with Crippen LogP contribution in [0.2, 0.25) is 0 Å². The van der Waals surface area contributed by atoms with E-state index in [4.69, 9.17) is 0 Å². The van der Waals surface area contributed by atoms with Crippen molar-refractivity contribution in [2.75, 3.05) is 11.9 Å². The maximum atomic E-state index is 12.2. The van der Waals surface area contributed by atoms with Crippen LogP contribution in [0.1, 0.15) is 13.3 Å². The van der Waals surface area contributed by atoms with Gasteiger partial charge in [-0.25, -0.2) is 0 Å². The van der Waals surface area contributed by atoms with Crippen molar-refractivity contribution in [3.63, 3.8) is 0 Å². The Balaban J connectivity index is 2.14. The van der Waals surface area contributed by atoms with Gasteiger partial charge in [0.2, 0.25) is 0 Å². The van der Waals surface area contributed by atoms with Crippen molar-refractivity contribution in [1.29, 1.82) is 0 Å². The highest BCUT2D eigenvalue weighted by atomic mass is 19.3. The fourth-order valence-electron chi connectivity index (χ4n) is 1.67. The molecule has 4 nitrogen and oxygen atoms in total. The predicted octanol–water partition coefficient (Wildman–Crippen LogP) is 3.57. The first-order valence-electron chi connectivity index (χ1n) is 6.32. The number of halogens is 2. The first-order valence-corrected chi connectivity index (χ1v) is 6.32. The quantitative estimate of drug-likeness (QED) is 0.878. The fourth-order valence-corrected chi connectivity index (χ4v) is 1.67. The first kappa shape index (κ1) is 14.2. The lowest BCUT2D eigenvalue weighted by Gasteiger charge is -2.07. The first-order chi connectivity index (χ1) is 9.69. The molecule has 0 saturated carbocycles. The standard InChI is InChI=1S/C14H15F2N3O/c1-2-8-17-13-7-6-12(18-19-13)10-4-3-5-11(9-10)20-14(15)16/h3-7,9,14H,2,8H2,1H3,(H,17,19). The summed E-state index contributed by atoms with van der Waals surface area (Å²) >= 11 is 0. The van der Waals surface area contributed by atoms with Crippen LogP contribution in [0.4, 0.5) is 14.6 Å². The summed E-state index contributed by atoms with van der Waals surface area (Å²) in [4.78, 5) is 0. The zero-order valence-corrected chi connectivity index (χ0v) is 11.0. The second-order valence-electron chi connectivity index (χ2n) is 4.14. The molecule has 0 atom stereocenters. The third kappa shape index (κ3) is 3.88. The summed E-state index contributed by atoms with van der Waals surface area (Å²) in [5.41, 5.74) is 1.28. The van der Waals surface area contributed by atoms with Gasteiger partial charge in [-0.1, -0.05) is 19.1 Å². The van der Waals surface area contributed by atoms with E-state index in [0.29, 0.717) is 17.1 Å². The largest absolute Gasteiger partial charge is 0.435 e. The summed E-state index contributed by atoms with van der Waals surface area (Å²) in [6.07, 6.45) is 0.996. The number of rotatable bonds is 6. The summed E-state index contributed by atoms with van der Waals surface area (Å²) in [7, 11) is 0. The van der Waals surface area contributed by atoms with E-state index in [2.05, 4.69) is 27.2 Å². The molecule has 0 amide bonds. The van der Waals surface area contributed by atoms with Gasteiger partial charge in [0, 0.05) is 12.1 Å². The van der Waals surface area contributed by atoms with Crippen LogP contribution in [-0.4, -0.2) is 23.4 Å². The number of alkyl halides is 2. The van der Waals surface area contributed by atoms with E-state index < -0.39 is 6.61 Å². The molecule has 0 unspecified atom stereocenters. The van der Waals surface area contributed by atoms with Gasteiger partial charge in [0.15, 0.2) is 0 Å². The van der Waals surface area contributed by atoms with E-state index in [1.54, 1.807) is 24.3 Å². The van der Waals surface area contributed by atoms with Gasteiger partial charge in [-0.15, -0.1) is 10.2 Å². The maximum absolute atomic E-state index is 12.2. The van der Waals surface area contributed by atoms with Gasteiger partial charge in [-0.05, 0) is 30.7 Å². The van der Waals surface area contributed by atoms with Gasteiger partial charge in [0.1, 0.15) is 11.6 Å². The third-order valence-electron chi connectivity index (χ3n) is 2.58. The Hall–Kier alpha value is -2.24. The highest BCUT2D eigenvalue weighted by Gasteiger charge is 2.06. The van der Waals surface area contributed by atoms with Crippen LogP contribution >= 0.6 is 0 Å². The molecule has 0 aliphatic carbocycles. The maximum Gasteiger partial charge on any atom is 0.387 e. The van der Waals surface area contributed by atoms with E-state index in [9.17, 15) is 8.78 Å². The molecule has 2 aromatic rings. The Labute approximate surface area is 115 Å². The summed E-state index contributed by atoms with van der Waals surface area (Å²) in [5, 5.41) is 11.2. The molecule has 0 aliphatic heterocycles. The Morgan fingerprint density at radius 2 is 2.05 bits per heavy atom. The molecule has 0 bridgehead atoms. The smallest absolute Gasteiger partial charge is 0.387 e. The fraction of sp³-hybridized carbons (Fsp3) is 0.286. The van der Waals surface area contributed by atoms with Crippen LogP contribution in [0.15, 0.2) is 36.4 Å². The molecule has 106 valence electrons. The van der Waals surface area contributed by atoms with Crippen molar-refractivity contribution >= 4 is 5.82 Å². The van der Waals surface area contributed by atoms with Crippen molar-refractivity contribution in [2.45, 2.75) is 20.0 Å². The average Bonchev–Trinajstić information content (AvgIpc) is 2.45. The molecule has 0 aliphatic rings. The lowest BCUT2D eigenvalue weighted by atomic mass is 10.1. The highest BCUT2D eigenvalue weighted by Crippen LogP contribution is 2.23. The molecule has 1 aromatic carbocycles. The molecular formula is C14H15F2N3O. The SMILES string of the molecule is CCCNc1ccc(-c2cccc(OC(F)F)c2)nn1. The Kier molecular flexibility index (Phi) is 4.81. The number of nitrogens with zero attached hydrogens (tertiary/aromatic N) is 2. The molecule has 1 aromatic heterocycles. The van der Waals surface area contributed by atoms with E-state index >= 15 is 0 Å². The minimum Gasteiger partial charge on any atom is -0.435 e. The Morgan fingerprint density at radius 1 is 1.20 bits per heavy atom. The summed E-state index contributed by atoms with van der Waals surface area (Å²) < 4.78 is 28.7. The van der Waals surface area contributed by atoms with Crippen LogP contribution in [0.5, 0.6) is 5.75 Å². The highest BCUT2D eigenvalue weighted by molar-refractivity contribution is 5.61. The second kappa shape index (κ2) is 6.79. The zero-order chi connectivity index (χ0) is 14.4. The number of aromatic nitrogens is 2. The van der Waals surface area contributed by atoms with Crippen LogP contribution in [-0.2, 0) is 0 Å². The minimum atomic E-state index is -2.84. The minimum absolute atomic E-state index is 0.104. The lowest BCUT2D eigenvalue weighted by Crippen LogP contribution is -2.03.